The third-order valence-electron chi connectivity index (χ3n) is 3.95. The average molecular weight is 267 g/mol. The number of hydrogen-bond donors (Lipinski definition) is 0. The zero-order valence-electron chi connectivity index (χ0n) is 11.4. The lowest BCUT2D eigenvalue weighted by Gasteiger charge is -2.35. The Hall–Kier alpha value is -0.980. The van der Waals surface area contributed by atoms with Gasteiger partial charge in [-0.1, -0.05) is 0 Å². The highest BCUT2D eigenvalue weighted by atomic mass is 16.7. The SMILES string of the molecule is CCn1ncnc1COC1CCC2(CC1)OCCO2. The first kappa shape index (κ1) is 13.0. The quantitative estimate of drug-likeness (QED) is 0.827. The monoisotopic (exact) mass is 267 g/mol. The van der Waals surface area contributed by atoms with Crippen LogP contribution in [0.3, 0.4) is 0 Å². The molecule has 0 N–H and O–H groups in total. The second kappa shape index (κ2) is 5.56. The van der Waals surface area contributed by atoms with Crippen LogP contribution in [0.1, 0.15) is 38.4 Å². The van der Waals surface area contributed by atoms with Gasteiger partial charge < -0.3 is 14.2 Å². The van der Waals surface area contributed by atoms with Gasteiger partial charge in [0.05, 0.1) is 19.3 Å². The molecule has 1 aromatic rings. The molecule has 6 heteroatoms. The minimum absolute atomic E-state index is 0.278. The molecular weight excluding hydrogens is 246 g/mol. The molecule has 2 heterocycles. The Morgan fingerprint density at radius 2 is 2.11 bits per heavy atom. The highest BCUT2D eigenvalue weighted by molar-refractivity contribution is 4.85. The van der Waals surface area contributed by atoms with E-state index in [2.05, 4.69) is 17.0 Å². The predicted molar refractivity (Wildman–Crippen MR) is 67.4 cm³/mol. The van der Waals surface area contributed by atoms with E-state index in [1.165, 1.54) is 0 Å². The van der Waals surface area contributed by atoms with Crippen molar-refractivity contribution < 1.29 is 14.2 Å². The van der Waals surface area contributed by atoms with Crippen LogP contribution in [0.2, 0.25) is 0 Å². The van der Waals surface area contributed by atoms with E-state index in [0.29, 0.717) is 6.61 Å². The molecule has 2 aliphatic rings. The molecule has 0 bridgehead atoms. The molecule has 106 valence electrons. The molecule has 1 saturated heterocycles. The van der Waals surface area contributed by atoms with Crippen molar-refractivity contribution in [2.24, 2.45) is 0 Å². The smallest absolute Gasteiger partial charge is 0.168 e. The lowest BCUT2D eigenvalue weighted by molar-refractivity contribution is -0.192. The molecule has 0 radical (unpaired) electrons. The fraction of sp³-hybridized carbons (Fsp3) is 0.846. The van der Waals surface area contributed by atoms with Gasteiger partial charge in [0.1, 0.15) is 12.9 Å². The van der Waals surface area contributed by atoms with Gasteiger partial charge in [-0.2, -0.15) is 5.10 Å². The van der Waals surface area contributed by atoms with E-state index in [-0.39, 0.29) is 11.9 Å². The molecule has 0 amide bonds. The summed E-state index contributed by atoms with van der Waals surface area (Å²) in [7, 11) is 0. The van der Waals surface area contributed by atoms with E-state index in [0.717, 1.165) is 51.3 Å². The van der Waals surface area contributed by atoms with Crippen LogP contribution in [0.15, 0.2) is 6.33 Å². The maximum atomic E-state index is 5.94. The molecule has 1 aliphatic carbocycles. The summed E-state index contributed by atoms with van der Waals surface area (Å²) in [5, 5.41) is 4.14. The summed E-state index contributed by atoms with van der Waals surface area (Å²) < 4.78 is 19.2. The Morgan fingerprint density at radius 3 is 2.79 bits per heavy atom. The highest BCUT2D eigenvalue weighted by Crippen LogP contribution is 2.36. The number of rotatable bonds is 4. The van der Waals surface area contributed by atoms with E-state index >= 15 is 0 Å². The van der Waals surface area contributed by atoms with Crippen molar-refractivity contribution >= 4 is 0 Å². The number of aromatic nitrogens is 3. The van der Waals surface area contributed by atoms with Crippen molar-refractivity contribution in [3.63, 3.8) is 0 Å². The van der Waals surface area contributed by atoms with Gasteiger partial charge >= 0.3 is 0 Å². The van der Waals surface area contributed by atoms with Gasteiger partial charge in [-0.15, -0.1) is 0 Å². The van der Waals surface area contributed by atoms with Crippen LogP contribution in [-0.2, 0) is 27.4 Å². The van der Waals surface area contributed by atoms with Crippen molar-refractivity contribution in [1.82, 2.24) is 14.8 Å². The van der Waals surface area contributed by atoms with Crippen LogP contribution < -0.4 is 0 Å². The summed E-state index contributed by atoms with van der Waals surface area (Å²) in [5.74, 6) is 0.597. The Labute approximate surface area is 113 Å². The number of nitrogens with zero attached hydrogens (tertiary/aromatic N) is 3. The molecule has 0 unspecified atom stereocenters. The van der Waals surface area contributed by atoms with Crippen LogP contribution in [0.25, 0.3) is 0 Å². The summed E-state index contributed by atoms with van der Waals surface area (Å²) in [4.78, 5) is 4.22. The molecule has 1 spiro atoms. The normalized spacial score (nSPS) is 23.2. The van der Waals surface area contributed by atoms with Gasteiger partial charge in [-0.05, 0) is 19.8 Å². The minimum atomic E-state index is -0.302. The zero-order valence-corrected chi connectivity index (χ0v) is 11.4. The number of ether oxygens (including phenoxy) is 3. The first-order valence-electron chi connectivity index (χ1n) is 7.07. The molecule has 1 saturated carbocycles. The fourth-order valence-corrected chi connectivity index (χ4v) is 2.84. The Balaban J connectivity index is 1.47. The third-order valence-corrected chi connectivity index (χ3v) is 3.95. The van der Waals surface area contributed by atoms with E-state index in [9.17, 15) is 0 Å². The topological polar surface area (TPSA) is 58.4 Å². The second-order valence-corrected chi connectivity index (χ2v) is 5.11. The molecule has 2 fully saturated rings. The molecule has 0 atom stereocenters. The molecule has 1 aromatic heterocycles. The van der Waals surface area contributed by atoms with Gasteiger partial charge in [0.2, 0.25) is 0 Å². The molecule has 3 rings (SSSR count). The Kier molecular flexibility index (Phi) is 3.81. The van der Waals surface area contributed by atoms with Crippen molar-refractivity contribution in [3.8, 4) is 0 Å². The second-order valence-electron chi connectivity index (χ2n) is 5.11. The van der Waals surface area contributed by atoms with Crippen LogP contribution in [-0.4, -0.2) is 39.9 Å². The van der Waals surface area contributed by atoms with Crippen molar-refractivity contribution in [1.29, 1.82) is 0 Å². The van der Waals surface area contributed by atoms with Crippen molar-refractivity contribution in [3.05, 3.63) is 12.2 Å². The summed E-state index contributed by atoms with van der Waals surface area (Å²) in [6, 6.07) is 0. The summed E-state index contributed by atoms with van der Waals surface area (Å²) in [5.41, 5.74) is 0. The van der Waals surface area contributed by atoms with Crippen LogP contribution >= 0.6 is 0 Å². The lowest BCUT2D eigenvalue weighted by atomic mass is 9.92. The maximum absolute atomic E-state index is 5.94. The van der Waals surface area contributed by atoms with E-state index < -0.39 is 0 Å². The summed E-state index contributed by atoms with van der Waals surface area (Å²) >= 11 is 0. The lowest BCUT2D eigenvalue weighted by Crippen LogP contribution is -2.37. The average Bonchev–Trinajstić information content (AvgIpc) is 3.07. The summed E-state index contributed by atoms with van der Waals surface area (Å²) in [6.07, 6.45) is 5.69. The largest absolute Gasteiger partial charge is 0.370 e. The van der Waals surface area contributed by atoms with Crippen LogP contribution in [0.4, 0.5) is 0 Å². The zero-order chi connectivity index (χ0) is 13.1. The van der Waals surface area contributed by atoms with Gasteiger partial charge in [-0.3, -0.25) is 0 Å². The van der Waals surface area contributed by atoms with E-state index in [4.69, 9.17) is 14.2 Å². The van der Waals surface area contributed by atoms with Crippen LogP contribution in [0, 0.1) is 0 Å². The molecule has 19 heavy (non-hydrogen) atoms. The van der Waals surface area contributed by atoms with Gasteiger partial charge in [0.25, 0.3) is 0 Å². The predicted octanol–water partition coefficient (Wildman–Crippen LogP) is 1.50. The molecular formula is C13H21N3O3. The van der Waals surface area contributed by atoms with Gasteiger partial charge in [0, 0.05) is 19.4 Å². The van der Waals surface area contributed by atoms with Crippen molar-refractivity contribution in [2.75, 3.05) is 13.2 Å². The van der Waals surface area contributed by atoms with E-state index in [1.54, 1.807) is 6.33 Å². The summed E-state index contributed by atoms with van der Waals surface area (Å²) in [6.45, 7) is 4.87. The van der Waals surface area contributed by atoms with Gasteiger partial charge in [0.15, 0.2) is 11.6 Å². The highest BCUT2D eigenvalue weighted by Gasteiger charge is 2.40. The fourth-order valence-electron chi connectivity index (χ4n) is 2.84. The third kappa shape index (κ3) is 2.80. The number of aryl methyl sites for hydroxylation is 1. The standard InChI is InChI=1S/C13H21N3O3/c1-2-16-12(14-10-15-16)9-17-11-3-5-13(6-4-11)18-7-8-19-13/h10-11H,2-9H2,1H3. The molecule has 0 aromatic carbocycles. The minimum Gasteiger partial charge on any atom is -0.370 e. The first-order chi connectivity index (χ1) is 9.31. The number of hydrogen-bond acceptors (Lipinski definition) is 5. The molecule has 1 aliphatic heterocycles. The van der Waals surface area contributed by atoms with Crippen molar-refractivity contribution in [2.45, 2.75) is 57.6 Å². The maximum Gasteiger partial charge on any atom is 0.168 e. The Bertz CT molecular complexity index is 405. The van der Waals surface area contributed by atoms with Crippen LogP contribution in [0.5, 0.6) is 0 Å². The van der Waals surface area contributed by atoms with Gasteiger partial charge in [-0.25, -0.2) is 9.67 Å². The molecule has 6 nitrogen and oxygen atoms in total. The Morgan fingerprint density at radius 1 is 1.37 bits per heavy atom. The van der Waals surface area contributed by atoms with E-state index in [1.807, 2.05) is 4.68 Å². The first-order valence-corrected chi connectivity index (χ1v) is 7.07.